The predicted molar refractivity (Wildman–Crippen MR) is 106 cm³/mol. The van der Waals surface area contributed by atoms with Crippen LogP contribution in [-0.4, -0.2) is 59.3 Å². The summed E-state index contributed by atoms with van der Waals surface area (Å²) in [5, 5.41) is 12.0. The first-order valence-corrected chi connectivity index (χ1v) is 9.36. The van der Waals surface area contributed by atoms with Gasteiger partial charge in [-0.05, 0) is 28.1 Å². The van der Waals surface area contributed by atoms with Crippen LogP contribution in [0.5, 0.6) is 11.5 Å². The Morgan fingerprint density at radius 3 is 2.50 bits per heavy atom. The van der Waals surface area contributed by atoms with Crippen LogP contribution in [0.2, 0.25) is 0 Å². The smallest absolute Gasteiger partial charge is 0.240 e. The number of tetrazole rings is 1. The Bertz CT molecular complexity index is 946. The van der Waals surface area contributed by atoms with Gasteiger partial charge in [0.1, 0.15) is 22.4 Å². The van der Waals surface area contributed by atoms with Gasteiger partial charge in [0.25, 0.3) is 0 Å². The lowest BCUT2D eigenvalue weighted by Crippen LogP contribution is -2.27. The number of carbonyl (C=O) groups excluding carboxylic acids is 1. The third-order valence-corrected chi connectivity index (χ3v) is 5.22. The molecule has 1 amide bonds. The number of aromatic nitrogens is 4. The molecule has 0 aliphatic rings. The van der Waals surface area contributed by atoms with Gasteiger partial charge in [0, 0.05) is 20.2 Å². The fraction of sp³-hybridized carbons (Fsp3) is 0.263. The van der Waals surface area contributed by atoms with E-state index in [0.717, 1.165) is 5.56 Å². The molecule has 28 heavy (non-hydrogen) atoms. The molecule has 0 spiro atoms. The van der Waals surface area contributed by atoms with Crippen LogP contribution in [0, 0.1) is 0 Å². The number of amides is 1. The summed E-state index contributed by atoms with van der Waals surface area (Å²) in [7, 11) is 6.62. The maximum atomic E-state index is 12.8. The number of thioether (sulfide) groups is 1. The second kappa shape index (κ2) is 8.75. The quantitative estimate of drug-likeness (QED) is 0.565. The number of carbonyl (C=O) groups is 1. The van der Waals surface area contributed by atoms with Gasteiger partial charge in [-0.1, -0.05) is 42.1 Å². The lowest BCUT2D eigenvalue weighted by atomic mass is 10.1. The van der Waals surface area contributed by atoms with E-state index in [1.54, 1.807) is 56.1 Å². The minimum Gasteiger partial charge on any atom is -0.497 e. The molecule has 0 saturated heterocycles. The zero-order chi connectivity index (χ0) is 20.1. The van der Waals surface area contributed by atoms with Crippen molar-refractivity contribution in [2.75, 3.05) is 28.3 Å². The summed E-state index contributed by atoms with van der Waals surface area (Å²) in [6.07, 6.45) is 0. The standard InChI is InChI=1S/C19H21N5O3S/c1-23(2)18(25)17(13-8-6-5-7-9-13)28-19-20-21-22-24(19)15-12-14(26-3)10-11-16(15)27-4/h5-12,17H,1-4H3. The zero-order valence-electron chi connectivity index (χ0n) is 16.1. The average molecular weight is 399 g/mol. The van der Waals surface area contributed by atoms with Gasteiger partial charge in [0.05, 0.1) is 14.2 Å². The molecule has 3 aromatic rings. The van der Waals surface area contributed by atoms with Crippen LogP contribution in [0.1, 0.15) is 10.8 Å². The second-order valence-corrected chi connectivity index (χ2v) is 7.12. The lowest BCUT2D eigenvalue weighted by Gasteiger charge is -2.20. The van der Waals surface area contributed by atoms with Crippen LogP contribution in [0.3, 0.4) is 0 Å². The molecular formula is C19H21N5O3S. The highest BCUT2D eigenvalue weighted by Gasteiger charge is 2.27. The number of nitrogens with zero attached hydrogens (tertiary/aromatic N) is 5. The minimum atomic E-state index is -0.488. The average Bonchev–Trinajstić information content (AvgIpc) is 3.19. The number of benzene rings is 2. The molecule has 146 valence electrons. The molecule has 0 N–H and O–H groups in total. The van der Waals surface area contributed by atoms with Crippen molar-refractivity contribution in [2.45, 2.75) is 10.4 Å². The number of hydrogen-bond acceptors (Lipinski definition) is 7. The van der Waals surface area contributed by atoms with Crippen molar-refractivity contribution < 1.29 is 14.3 Å². The first-order valence-electron chi connectivity index (χ1n) is 8.48. The van der Waals surface area contributed by atoms with Crippen molar-refractivity contribution in [3.05, 3.63) is 54.1 Å². The highest BCUT2D eigenvalue weighted by atomic mass is 32.2. The van der Waals surface area contributed by atoms with E-state index >= 15 is 0 Å². The van der Waals surface area contributed by atoms with Crippen molar-refractivity contribution in [3.8, 4) is 17.2 Å². The molecule has 0 aliphatic carbocycles. The van der Waals surface area contributed by atoms with E-state index < -0.39 is 5.25 Å². The Labute approximate surface area is 167 Å². The SMILES string of the molecule is COc1ccc(OC)c(-n2nnnc2SC(C(=O)N(C)C)c2ccccc2)c1. The Hall–Kier alpha value is -3.07. The maximum Gasteiger partial charge on any atom is 0.240 e. The third-order valence-electron chi connectivity index (χ3n) is 4.05. The van der Waals surface area contributed by atoms with Gasteiger partial charge in [-0.15, -0.1) is 5.10 Å². The molecular weight excluding hydrogens is 378 g/mol. The Morgan fingerprint density at radius 1 is 1.11 bits per heavy atom. The monoisotopic (exact) mass is 399 g/mol. The van der Waals surface area contributed by atoms with Gasteiger partial charge >= 0.3 is 0 Å². The lowest BCUT2D eigenvalue weighted by molar-refractivity contribution is -0.128. The van der Waals surface area contributed by atoms with Crippen molar-refractivity contribution in [1.82, 2.24) is 25.1 Å². The number of methoxy groups -OCH3 is 2. The fourth-order valence-electron chi connectivity index (χ4n) is 2.59. The Balaban J connectivity index is 2.02. The third kappa shape index (κ3) is 4.09. The summed E-state index contributed by atoms with van der Waals surface area (Å²) in [5.74, 6) is 1.18. The second-order valence-electron chi connectivity index (χ2n) is 6.05. The van der Waals surface area contributed by atoms with E-state index in [1.165, 1.54) is 11.8 Å². The molecule has 0 radical (unpaired) electrons. The van der Waals surface area contributed by atoms with E-state index in [9.17, 15) is 4.79 Å². The molecule has 1 atom stereocenters. The summed E-state index contributed by atoms with van der Waals surface area (Å²) < 4.78 is 12.3. The number of rotatable bonds is 7. The summed E-state index contributed by atoms with van der Waals surface area (Å²) in [6, 6.07) is 14.9. The van der Waals surface area contributed by atoms with E-state index in [-0.39, 0.29) is 5.91 Å². The fourth-order valence-corrected chi connectivity index (χ4v) is 3.73. The number of hydrogen-bond donors (Lipinski definition) is 0. The maximum absolute atomic E-state index is 12.8. The van der Waals surface area contributed by atoms with E-state index in [4.69, 9.17) is 9.47 Å². The van der Waals surface area contributed by atoms with Crippen molar-refractivity contribution in [2.24, 2.45) is 0 Å². The van der Waals surface area contributed by atoms with Crippen LogP contribution in [0.15, 0.2) is 53.7 Å². The van der Waals surface area contributed by atoms with Gasteiger partial charge in [0.15, 0.2) is 0 Å². The molecule has 3 rings (SSSR count). The molecule has 0 bridgehead atoms. The molecule has 1 heterocycles. The number of likely N-dealkylation sites (N-methyl/N-ethyl adjacent to an activating group) is 1. The van der Waals surface area contributed by atoms with Gasteiger partial charge < -0.3 is 14.4 Å². The molecule has 2 aromatic carbocycles. The Morgan fingerprint density at radius 2 is 1.86 bits per heavy atom. The molecule has 8 nitrogen and oxygen atoms in total. The molecule has 0 fully saturated rings. The molecule has 0 saturated carbocycles. The first kappa shape index (κ1) is 19.7. The van der Waals surface area contributed by atoms with Crippen LogP contribution >= 0.6 is 11.8 Å². The number of ether oxygens (including phenoxy) is 2. The van der Waals surface area contributed by atoms with E-state index in [2.05, 4.69) is 15.5 Å². The zero-order valence-corrected chi connectivity index (χ0v) is 16.9. The molecule has 0 aliphatic heterocycles. The largest absolute Gasteiger partial charge is 0.497 e. The van der Waals surface area contributed by atoms with Gasteiger partial charge in [-0.3, -0.25) is 4.79 Å². The molecule has 9 heteroatoms. The summed E-state index contributed by atoms with van der Waals surface area (Å²) in [6.45, 7) is 0. The Kier molecular flexibility index (Phi) is 6.15. The van der Waals surface area contributed by atoms with Gasteiger partial charge in [-0.25, -0.2) is 0 Å². The van der Waals surface area contributed by atoms with Crippen LogP contribution in [0.4, 0.5) is 0 Å². The normalized spacial score (nSPS) is 11.7. The van der Waals surface area contributed by atoms with E-state index in [0.29, 0.717) is 22.3 Å². The van der Waals surface area contributed by atoms with Gasteiger partial charge in [-0.2, -0.15) is 4.68 Å². The summed E-state index contributed by atoms with van der Waals surface area (Å²) in [5.41, 5.74) is 1.50. The van der Waals surface area contributed by atoms with Gasteiger partial charge in [0.2, 0.25) is 11.1 Å². The first-order chi connectivity index (χ1) is 13.5. The highest BCUT2D eigenvalue weighted by Crippen LogP contribution is 2.37. The summed E-state index contributed by atoms with van der Waals surface area (Å²) in [4.78, 5) is 14.4. The van der Waals surface area contributed by atoms with Crippen LogP contribution < -0.4 is 9.47 Å². The van der Waals surface area contributed by atoms with Crippen molar-refractivity contribution >= 4 is 17.7 Å². The molecule has 1 unspecified atom stereocenters. The summed E-state index contributed by atoms with van der Waals surface area (Å²) >= 11 is 1.28. The van der Waals surface area contributed by atoms with Crippen LogP contribution in [-0.2, 0) is 4.79 Å². The van der Waals surface area contributed by atoms with Crippen LogP contribution in [0.25, 0.3) is 5.69 Å². The van der Waals surface area contributed by atoms with Crippen molar-refractivity contribution in [3.63, 3.8) is 0 Å². The topological polar surface area (TPSA) is 82.4 Å². The minimum absolute atomic E-state index is 0.0524. The predicted octanol–water partition coefficient (Wildman–Crippen LogP) is 2.60. The molecule has 1 aromatic heterocycles. The highest BCUT2D eigenvalue weighted by molar-refractivity contribution is 8.00. The van der Waals surface area contributed by atoms with E-state index in [1.807, 2.05) is 30.3 Å². The van der Waals surface area contributed by atoms with Crippen molar-refractivity contribution in [1.29, 1.82) is 0 Å².